The molecule has 1 amide bonds. The van der Waals surface area contributed by atoms with E-state index in [1.54, 1.807) is 33.1 Å². The van der Waals surface area contributed by atoms with E-state index in [-0.39, 0.29) is 12.5 Å². The molecule has 0 aliphatic carbocycles. The Labute approximate surface area is 95.3 Å². The number of amides is 1. The van der Waals surface area contributed by atoms with Crippen molar-refractivity contribution in [2.45, 2.75) is 13.8 Å². The first-order valence-corrected chi connectivity index (χ1v) is 5.02. The van der Waals surface area contributed by atoms with Crippen molar-refractivity contribution in [2.24, 2.45) is 11.1 Å². The largest absolute Gasteiger partial charge is 0.497 e. The molecule has 1 aromatic rings. The Morgan fingerprint density at radius 2 is 2.00 bits per heavy atom. The lowest BCUT2D eigenvalue weighted by molar-refractivity contribution is -0.127. The third-order valence-corrected chi connectivity index (χ3v) is 2.31. The molecule has 0 radical (unpaired) electrons. The third kappa shape index (κ3) is 3.15. The van der Waals surface area contributed by atoms with Crippen LogP contribution in [0.5, 0.6) is 11.5 Å². The molecule has 16 heavy (non-hydrogen) atoms. The second kappa shape index (κ2) is 4.88. The second-order valence-electron chi connectivity index (χ2n) is 4.22. The van der Waals surface area contributed by atoms with Crippen LogP contribution < -0.4 is 15.2 Å². The number of methoxy groups -OCH3 is 1. The lowest BCUT2D eigenvalue weighted by Gasteiger charge is -2.20. The minimum atomic E-state index is -0.678. The van der Waals surface area contributed by atoms with Crippen LogP contribution in [-0.2, 0) is 4.79 Å². The number of carbonyl (C=O) groups is 1. The molecule has 0 spiro atoms. The van der Waals surface area contributed by atoms with Crippen LogP contribution in [0.4, 0.5) is 0 Å². The summed E-state index contributed by atoms with van der Waals surface area (Å²) in [7, 11) is 1.59. The molecule has 1 aromatic carbocycles. The van der Waals surface area contributed by atoms with E-state index in [0.717, 1.165) is 5.75 Å². The Bertz CT molecular complexity index is 374. The molecule has 0 saturated heterocycles. The number of primary amides is 1. The number of rotatable bonds is 5. The number of nitrogens with two attached hydrogens (primary N) is 1. The highest BCUT2D eigenvalue weighted by Gasteiger charge is 2.25. The first kappa shape index (κ1) is 12.4. The number of hydrogen-bond acceptors (Lipinski definition) is 3. The fourth-order valence-electron chi connectivity index (χ4n) is 1.03. The summed E-state index contributed by atoms with van der Waals surface area (Å²) in [6, 6.07) is 7.22. The molecule has 0 unspecified atom stereocenters. The van der Waals surface area contributed by atoms with Crippen molar-refractivity contribution in [3.63, 3.8) is 0 Å². The Morgan fingerprint density at radius 3 is 2.56 bits per heavy atom. The molecule has 0 fully saturated rings. The van der Waals surface area contributed by atoms with E-state index in [9.17, 15) is 4.79 Å². The summed E-state index contributed by atoms with van der Waals surface area (Å²) in [6.45, 7) is 3.74. The fraction of sp³-hybridized carbons (Fsp3) is 0.417. The number of hydrogen-bond donors (Lipinski definition) is 1. The van der Waals surface area contributed by atoms with E-state index in [4.69, 9.17) is 15.2 Å². The lowest BCUT2D eigenvalue weighted by atomic mass is 9.94. The van der Waals surface area contributed by atoms with Gasteiger partial charge in [0.1, 0.15) is 18.1 Å². The molecule has 0 heterocycles. The predicted molar refractivity (Wildman–Crippen MR) is 61.5 cm³/mol. The van der Waals surface area contributed by atoms with Crippen molar-refractivity contribution in [3.8, 4) is 11.5 Å². The van der Waals surface area contributed by atoms with E-state index in [2.05, 4.69) is 0 Å². The summed E-state index contributed by atoms with van der Waals surface area (Å²) in [5, 5.41) is 0. The monoisotopic (exact) mass is 223 g/mol. The quantitative estimate of drug-likeness (QED) is 0.824. The Balaban J connectivity index is 2.64. The maximum absolute atomic E-state index is 11.1. The van der Waals surface area contributed by atoms with Crippen LogP contribution in [0.25, 0.3) is 0 Å². The highest BCUT2D eigenvalue weighted by Crippen LogP contribution is 2.22. The zero-order valence-corrected chi connectivity index (χ0v) is 9.82. The van der Waals surface area contributed by atoms with Crippen LogP contribution in [0.2, 0.25) is 0 Å². The van der Waals surface area contributed by atoms with Crippen LogP contribution in [-0.4, -0.2) is 19.6 Å². The summed E-state index contributed by atoms with van der Waals surface area (Å²) in [4.78, 5) is 11.1. The summed E-state index contributed by atoms with van der Waals surface area (Å²) < 4.78 is 10.6. The zero-order chi connectivity index (χ0) is 12.2. The van der Waals surface area contributed by atoms with Gasteiger partial charge in [-0.1, -0.05) is 6.07 Å². The molecule has 0 aliphatic rings. The van der Waals surface area contributed by atoms with Gasteiger partial charge < -0.3 is 15.2 Å². The van der Waals surface area contributed by atoms with Gasteiger partial charge in [0, 0.05) is 6.07 Å². The summed E-state index contributed by atoms with van der Waals surface area (Å²) >= 11 is 0. The van der Waals surface area contributed by atoms with Crippen LogP contribution >= 0.6 is 0 Å². The topological polar surface area (TPSA) is 61.6 Å². The first-order valence-electron chi connectivity index (χ1n) is 5.02. The van der Waals surface area contributed by atoms with Gasteiger partial charge in [-0.2, -0.15) is 0 Å². The average molecular weight is 223 g/mol. The predicted octanol–water partition coefficient (Wildman–Crippen LogP) is 1.59. The van der Waals surface area contributed by atoms with Gasteiger partial charge in [-0.15, -0.1) is 0 Å². The standard InChI is InChI=1S/C12H17NO3/c1-12(2,11(13)14)8-16-10-6-4-5-9(7-10)15-3/h4-7H,8H2,1-3H3,(H2,13,14). The van der Waals surface area contributed by atoms with Gasteiger partial charge in [0.05, 0.1) is 12.5 Å². The second-order valence-corrected chi connectivity index (χ2v) is 4.22. The highest BCUT2D eigenvalue weighted by molar-refractivity contribution is 5.80. The van der Waals surface area contributed by atoms with E-state index >= 15 is 0 Å². The van der Waals surface area contributed by atoms with Gasteiger partial charge in [-0.3, -0.25) is 4.79 Å². The molecule has 4 heteroatoms. The van der Waals surface area contributed by atoms with Crippen molar-refractivity contribution in [1.82, 2.24) is 0 Å². The van der Waals surface area contributed by atoms with Gasteiger partial charge in [0.25, 0.3) is 0 Å². The maximum Gasteiger partial charge on any atom is 0.226 e. The van der Waals surface area contributed by atoms with Crippen molar-refractivity contribution in [2.75, 3.05) is 13.7 Å². The van der Waals surface area contributed by atoms with E-state index in [1.165, 1.54) is 0 Å². The van der Waals surface area contributed by atoms with E-state index in [0.29, 0.717) is 5.75 Å². The molecule has 2 N–H and O–H groups in total. The van der Waals surface area contributed by atoms with Crippen LogP contribution in [0.3, 0.4) is 0 Å². The van der Waals surface area contributed by atoms with Crippen molar-refractivity contribution >= 4 is 5.91 Å². The van der Waals surface area contributed by atoms with Crippen LogP contribution in [0.1, 0.15) is 13.8 Å². The first-order chi connectivity index (χ1) is 7.45. The SMILES string of the molecule is COc1cccc(OCC(C)(C)C(N)=O)c1. The molecule has 0 atom stereocenters. The zero-order valence-electron chi connectivity index (χ0n) is 9.82. The smallest absolute Gasteiger partial charge is 0.226 e. The van der Waals surface area contributed by atoms with Crippen molar-refractivity contribution < 1.29 is 14.3 Å². The Hall–Kier alpha value is -1.71. The van der Waals surface area contributed by atoms with Gasteiger partial charge in [-0.25, -0.2) is 0 Å². The van der Waals surface area contributed by atoms with Gasteiger partial charge in [0.15, 0.2) is 0 Å². The van der Waals surface area contributed by atoms with Gasteiger partial charge >= 0.3 is 0 Å². The molecule has 88 valence electrons. The van der Waals surface area contributed by atoms with Gasteiger partial charge in [-0.05, 0) is 26.0 Å². The summed E-state index contributed by atoms with van der Waals surface area (Å²) in [5.41, 5.74) is 4.57. The maximum atomic E-state index is 11.1. The summed E-state index contributed by atoms with van der Waals surface area (Å²) in [6.07, 6.45) is 0. The molecule has 0 aliphatic heterocycles. The average Bonchev–Trinajstić information content (AvgIpc) is 2.26. The Kier molecular flexibility index (Phi) is 3.77. The summed E-state index contributed by atoms with van der Waals surface area (Å²) in [5.74, 6) is 0.999. The number of carbonyl (C=O) groups excluding carboxylic acids is 1. The molecule has 0 bridgehead atoms. The van der Waals surface area contributed by atoms with E-state index in [1.807, 2.05) is 12.1 Å². The highest BCUT2D eigenvalue weighted by atomic mass is 16.5. The van der Waals surface area contributed by atoms with E-state index < -0.39 is 5.41 Å². The Morgan fingerprint density at radius 1 is 1.38 bits per heavy atom. The molecular formula is C12H17NO3. The van der Waals surface area contributed by atoms with Crippen molar-refractivity contribution in [3.05, 3.63) is 24.3 Å². The molecule has 0 aromatic heterocycles. The minimum absolute atomic E-state index is 0.246. The molecule has 0 saturated carbocycles. The van der Waals surface area contributed by atoms with Crippen molar-refractivity contribution in [1.29, 1.82) is 0 Å². The lowest BCUT2D eigenvalue weighted by Crippen LogP contribution is -2.36. The third-order valence-electron chi connectivity index (χ3n) is 2.31. The number of benzene rings is 1. The molecule has 4 nitrogen and oxygen atoms in total. The molecule has 1 rings (SSSR count). The fourth-order valence-corrected chi connectivity index (χ4v) is 1.03. The minimum Gasteiger partial charge on any atom is -0.497 e. The van der Waals surface area contributed by atoms with Gasteiger partial charge in [0.2, 0.25) is 5.91 Å². The number of ether oxygens (including phenoxy) is 2. The normalized spacial score (nSPS) is 10.9. The molecular weight excluding hydrogens is 206 g/mol. The van der Waals surface area contributed by atoms with Crippen LogP contribution in [0.15, 0.2) is 24.3 Å². The van der Waals surface area contributed by atoms with Crippen LogP contribution in [0, 0.1) is 5.41 Å².